The Bertz CT molecular complexity index is 295. The van der Waals surface area contributed by atoms with Crippen LogP contribution in [0.2, 0.25) is 0 Å². The summed E-state index contributed by atoms with van der Waals surface area (Å²) in [5, 5.41) is 0. The minimum Gasteiger partial charge on any atom is -0.462 e. The molecule has 16 heavy (non-hydrogen) atoms. The molecule has 0 aromatic heterocycles. The Hall–Kier alpha value is -0.610. The highest BCUT2D eigenvalue weighted by Gasteiger charge is 2.54. The van der Waals surface area contributed by atoms with E-state index in [2.05, 4.69) is 0 Å². The minimum absolute atomic E-state index is 0.0923. The second kappa shape index (κ2) is 3.70. The van der Waals surface area contributed by atoms with Crippen molar-refractivity contribution in [1.82, 2.24) is 0 Å². The molecule has 3 fully saturated rings. The average Bonchev–Trinajstić information content (AvgIpc) is 2.87. The van der Waals surface area contributed by atoms with E-state index in [1.165, 1.54) is 6.92 Å². The van der Waals surface area contributed by atoms with Gasteiger partial charge in [-0.1, -0.05) is 0 Å². The first-order valence-corrected chi connectivity index (χ1v) is 6.14. The highest BCUT2D eigenvalue weighted by atomic mass is 16.7. The van der Waals surface area contributed by atoms with Crippen molar-refractivity contribution in [3.63, 3.8) is 0 Å². The second-order valence-electron chi connectivity index (χ2n) is 5.17. The molecule has 3 atom stereocenters. The zero-order valence-corrected chi connectivity index (χ0v) is 9.61. The predicted molar refractivity (Wildman–Crippen MR) is 55.6 cm³/mol. The van der Waals surface area contributed by atoms with Gasteiger partial charge in [-0.15, -0.1) is 0 Å². The average molecular weight is 226 g/mol. The van der Waals surface area contributed by atoms with Gasteiger partial charge in [0.1, 0.15) is 6.10 Å². The molecule has 4 nitrogen and oxygen atoms in total. The van der Waals surface area contributed by atoms with E-state index < -0.39 is 0 Å². The summed E-state index contributed by atoms with van der Waals surface area (Å²) in [7, 11) is 0. The molecule has 1 spiro atoms. The summed E-state index contributed by atoms with van der Waals surface area (Å²) >= 11 is 0. The van der Waals surface area contributed by atoms with Gasteiger partial charge in [0.05, 0.1) is 13.2 Å². The van der Waals surface area contributed by atoms with Crippen LogP contribution in [0.5, 0.6) is 0 Å². The lowest BCUT2D eigenvalue weighted by Crippen LogP contribution is -2.29. The molecule has 3 unspecified atom stereocenters. The van der Waals surface area contributed by atoms with Gasteiger partial charge in [0, 0.05) is 25.7 Å². The van der Waals surface area contributed by atoms with E-state index in [-0.39, 0.29) is 17.9 Å². The third kappa shape index (κ3) is 1.64. The minimum atomic E-state index is -0.339. The van der Waals surface area contributed by atoms with Crippen LogP contribution in [-0.2, 0) is 19.0 Å². The van der Waals surface area contributed by atoms with E-state index in [1.54, 1.807) is 0 Å². The van der Waals surface area contributed by atoms with E-state index in [4.69, 9.17) is 14.2 Å². The maximum absolute atomic E-state index is 11.0. The van der Waals surface area contributed by atoms with Crippen molar-refractivity contribution in [3.05, 3.63) is 0 Å². The number of ether oxygens (including phenoxy) is 3. The summed E-state index contributed by atoms with van der Waals surface area (Å²) in [4.78, 5) is 11.0. The first kappa shape index (κ1) is 10.5. The van der Waals surface area contributed by atoms with Gasteiger partial charge in [0.25, 0.3) is 0 Å². The summed E-state index contributed by atoms with van der Waals surface area (Å²) in [6.07, 6.45) is 4.11. The highest BCUT2D eigenvalue weighted by molar-refractivity contribution is 5.66. The van der Waals surface area contributed by atoms with Crippen LogP contribution < -0.4 is 0 Å². The molecule has 0 radical (unpaired) electrons. The lowest BCUT2D eigenvalue weighted by atomic mass is 9.99. The quantitative estimate of drug-likeness (QED) is 0.635. The van der Waals surface area contributed by atoms with Gasteiger partial charge in [-0.05, 0) is 18.8 Å². The third-order valence-electron chi connectivity index (χ3n) is 4.16. The van der Waals surface area contributed by atoms with E-state index in [0.29, 0.717) is 25.0 Å². The topological polar surface area (TPSA) is 44.8 Å². The van der Waals surface area contributed by atoms with Gasteiger partial charge >= 0.3 is 5.97 Å². The van der Waals surface area contributed by atoms with Crippen LogP contribution in [-0.4, -0.2) is 31.1 Å². The van der Waals surface area contributed by atoms with Crippen LogP contribution in [0.3, 0.4) is 0 Å². The summed E-state index contributed by atoms with van der Waals surface area (Å²) in [6.45, 7) is 2.90. The lowest BCUT2D eigenvalue weighted by Gasteiger charge is -2.24. The standard InChI is InChI=1S/C12H18O4/c1-8(13)16-11-3-2-9-6-12(7-10(9)11)14-4-5-15-12/h9-11H,2-7H2,1H3. The first-order valence-electron chi connectivity index (χ1n) is 6.14. The van der Waals surface area contributed by atoms with Gasteiger partial charge in [-0.2, -0.15) is 0 Å². The van der Waals surface area contributed by atoms with Crippen molar-refractivity contribution in [2.24, 2.45) is 11.8 Å². The van der Waals surface area contributed by atoms with E-state index >= 15 is 0 Å². The molecule has 0 aromatic rings. The van der Waals surface area contributed by atoms with Crippen LogP contribution in [0.1, 0.15) is 32.6 Å². The Morgan fingerprint density at radius 1 is 1.25 bits per heavy atom. The van der Waals surface area contributed by atoms with Crippen molar-refractivity contribution >= 4 is 5.97 Å². The number of hydrogen-bond donors (Lipinski definition) is 0. The number of fused-ring (bicyclic) bond motifs is 1. The van der Waals surface area contributed by atoms with Gasteiger partial charge in [0.2, 0.25) is 0 Å². The maximum Gasteiger partial charge on any atom is 0.302 e. The highest BCUT2D eigenvalue weighted by Crippen LogP contribution is 2.52. The Kier molecular flexibility index (Phi) is 2.44. The first-order chi connectivity index (χ1) is 7.69. The predicted octanol–water partition coefficient (Wildman–Crippen LogP) is 1.48. The van der Waals surface area contributed by atoms with Crippen molar-refractivity contribution < 1.29 is 19.0 Å². The fourth-order valence-electron chi connectivity index (χ4n) is 3.60. The zero-order valence-electron chi connectivity index (χ0n) is 9.61. The number of rotatable bonds is 1. The van der Waals surface area contributed by atoms with E-state index in [0.717, 1.165) is 25.7 Å². The Balaban J connectivity index is 1.69. The van der Waals surface area contributed by atoms with Crippen molar-refractivity contribution in [2.45, 2.75) is 44.5 Å². The Labute approximate surface area is 95.2 Å². The number of hydrogen-bond acceptors (Lipinski definition) is 4. The fraction of sp³-hybridized carbons (Fsp3) is 0.917. The molecular formula is C12H18O4. The molecule has 3 aliphatic rings. The smallest absolute Gasteiger partial charge is 0.302 e. The maximum atomic E-state index is 11.0. The van der Waals surface area contributed by atoms with Crippen LogP contribution in [0.4, 0.5) is 0 Å². The van der Waals surface area contributed by atoms with Crippen molar-refractivity contribution in [3.8, 4) is 0 Å². The SMILES string of the molecule is CC(=O)OC1CCC2CC3(CC21)OCCO3. The molecule has 1 aliphatic heterocycles. The van der Waals surface area contributed by atoms with Gasteiger partial charge in [-0.25, -0.2) is 0 Å². The van der Waals surface area contributed by atoms with E-state index in [9.17, 15) is 4.79 Å². The van der Waals surface area contributed by atoms with Crippen molar-refractivity contribution in [2.75, 3.05) is 13.2 Å². The number of esters is 1. The normalized spacial score (nSPS) is 40.2. The Morgan fingerprint density at radius 3 is 2.69 bits per heavy atom. The van der Waals surface area contributed by atoms with Crippen LogP contribution in [0.25, 0.3) is 0 Å². The monoisotopic (exact) mass is 226 g/mol. The van der Waals surface area contributed by atoms with Gasteiger partial charge < -0.3 is 14.2 Å². The molecular weight excluding hydrogens is 208 g/mol. The molecule has 4 heteroatoms. The number of carbonyl (C=O) groups excluding carboxylic acids is 1. The summed E-state index contributed by atoms with van der Waals surface area (Å²) < 4.78 is 16.8. The molecule has 2 saturated carbocycles. The van der Waals surface area contributed by atoms with E-state index in [1.807, 2.05) is 0 Å². The molecule has 2 aliphatic carbocycles. The van der Waals surface area contributed by atoms with Crippen LogP contribution >= 0.6 is 0 Å². The van der Waals surface area contributed by atoms with Gasteiger partial charge in [0.15, 0.2) is 5.79 Å². The molecule has 1 heterocycles. The Morgan fingerprint density at radius 2 is 2.00 bits per heavy atom. The lowest BCUT2D eigenvalue weighted by molar-refractivity contribution is -0.163. The third-order valence-corrected chi connectivity index (χ3v) is 4.16. The zero-order chi connectivity index (χ0) is 11.2. The summed E-state index contributed by atoms with van der Waals surface area (Å²) in [6, 6.07) is 0. The van der Waals surface area contributed by atoms with Crippen LogP contribution in [0, 0.1) is 11.8 Å². The van der Waals surface area contributed by atoms with Crippen molar-refractivity contribution in [1.29, 1.82) is 0 Å². The summed E-state index contributed by atoms with van der Waals surface area (Å²) in [5.41, 5.74) is 0. The molecule has 0 aromatic carbocycles. The molecule has 0 N–H and O–H groups in total. The van der Waals surface area contributed by atoms with Crippen LogP contribution in [0.15, 0.2) is 0 Å². The fourth-order valence-corrected chi connectivity index (χ4v) is 3.60. The molecule has 0 bridgehead atoms. The molecule has 3 rings (SSSR count). The second-order valence-corrected chi connectivity index (χ2v) is 5.17. The number of carbonyl (C=O) groups is 1. The molecule has 90 valence electrons. The summed E-state index contributed by atoms with van der Waals surface area (Å²) in [5.74, 6) is 0.554. The molecule has 1 saturated heterocycles. The molecule has 0 amide bonds. The largest absolute Gasteiger partial charge is 0.462 e. The van der Waals surface area contributed by atoms with Gasteiger partial charge in [-0.3, -0.25) is 4.79 Å².